The molecule has 1 atom stereocenters. The highest BCUT2D eigenvalue weighted by Crippen LogP contribution is 2.31. The van der Waals surface area contributed by atoms with Crippen LogP contribution in [0.1, 0.15) is 6.92 Å². The smallest absolute Gasteiger partial charge is 0.246 e. The minimum Gasteiger partial charge on any atom is -0.371 e. The summed E-state index contributed by atoms with van der Waals surface area (Å²) >= 11 is 11.9. The van der Waals surface area contributed by atoms with E-state index in [1.165, 1.54) is 0 Å². The topological polar surface area (TPSA) is 41.1 Å². The minimum absolute atomic E-state index is 0.124. The molecule has 0 saturated carbocycles. The number of halogens is 3. The number of amides is 1. The number of carbonyl (C=O) groups is 1. The number of para-hydroxylation sites is 1. The Morgan fingerprint density at radius 1 is 1.14 bits per heavy atom. The van der Waals surface area contributed by atoms with E-state index < -0.39 is 11.9 Å². The van der Waals surface area contributed by atoms with E-state index in [1.807, 2.05) is 18.2 Å². The second kappa shape index (κ2) is 6.78. The lowest BCUT2D eigenvalue weighted by Gasteiger charge is -2.17. The Balaban J connectivity index is 2.08. The number of benzene rings is 2. The number of rotatable bonds is 4. The molecule has 2 rings (SSSR count). The van der Waals surface area contributed by atoms with E-state index in [9.17, 15) is 9.18 Å². The quantitative estimate of drug-likeness (QED) is 0.863. The van der Waals surface area contributed by atoms with E-state index in [2.05, 4.69) is 10.6 Å². The molecule has 0 fully saturated rings. The summed E-state index contributed by atoms with van der Waals surface area (Å²) in [6.07, 6.45) is 0. The van der Waals surface area contributed by atoms with Gasteiger partial charge in [0, 0.05) is 5.69 Å². The van der Waals surface area contributed by atoms with Gasteiger partial charge in [-0.1, -0.05) is 41.4 Å². The van der Waals surface area contributed by atoms with Crippen molar-refractivity contribution in [3.63, 3.8) is 0 Å². The average molecular weight is 327 g/mol. The SMILES string of the molecule is CC(Nc1c(Cl)cc(F)cc1Cl)C(=O)Nc1ccccc1. The standard InChI is InChI=1S/C15H13Cl2FN2O/c1-9(15(21)20-11-5-3-2-4-6-11)19-14-12(16)7-10(18)8-13(14)17/h2-9,19H,1H3,(H,20,21). The van der Waals surface area contributed by atoms with Crippen molar-refractivity contribution in [3.05, 3.63) is 58.3 Å². The fourth-order valence-corrected chi connectivity index (χ4v) is 2.30. The Morgan fingerprint density at radius 2 is 1.71 bits per heavy atom. The molecule has 0 aliphatic rings. The maximum absolute atomic E-state index is 13.1. The number of hydrogen-bond donors (Lipinski definition) is 2. The third-order valence-electron chi connectivity index (χ3n) is 2.80. The Hall–Kier alpha value is -1.78. The van der Waals surface area contributed by atoms with Crippen molar-refractivity contribution < 1.29 is 9.18 Å². The van der Waals surface area contributed by atoms with Gasteiger partial charge in [-0.15, -0.1) is 0 Å². The summed E-state index contributed by atoms with van der Waals surface area (Å²) in [4.78, 5) is 12.1. The molecule has 2 aromatic carbocycles. The first-order valence-electron chi connectivity index (χ1n) is 6.24. The molecule has 0 aliphatic carbocycles. The number of hydrogen-bond acceptors (Lipinski definition) is 2. The van der Waals surface area contributed by atoms with Crippen molar-refractivity contribution in [2.45, 2.75) is 13.0 Å². The van der Waals surface area contributed by atoms with Crippen LogP contribution in [0.15, 0.2) is 42.5 Å². The van der Waals surface area contributed by atoms with E-state index >= 15 is 0 Å². The van der Waals surface area contributed by atoms with E-state index in [-0.39, 0.29) is 16.0 Å². The molecule has 0 bridgehead atoms. The Kier molecular flexibility index (Phi) is 5.04. The van der Waals surface area contributed by atoms with Crippen LogP contribution >= 0.6 is 23.2 Å². The highest BCUT2D eigenvalue weighted by atomic mass is 35.5. The molecule has 0 spiro atoms. The molecular weight excluding hydrogens is 314 g/mol. The van der Waals surface area contributed by atoms with Crippen LogP contribution < -0.4 is 10.6 Å². The molecule has 2 N–H and O–H groups in total. The minimum atomic E-state index is -0.592. The zero-order valence-electron chi connectivity index (χ0n) is 11.2. The van der Waals surface area contributed by atoms with E-state index in [0.29, 0.717) is 11.4 Å². The van der Waals surface area contributed by atoms with Crippen molar-refractivity contribution in [3.8, 4) is 0 Å². The van der Waals surface area contributed by atoms with Crippen LogP contribution in [-0.4, -0.2) is 11.9 Å². The summed E-state index contributed by atoms with van der Waals surface area (Å²) in [5.74, 6) is -0.783. The summed E-state index contributed by atoms with van der Waals surface area (Å²) in [7, 11) is 0. The zero-order valence-corrected chi connectivity index (χ0v) is 12.7. The predicted octanol–water partition coefficient (Wildman–Crippen LogP) is 4.57. The maximum Gasteiger partial charge on any atom is 0.246 e. The van der Waals surface area contributed by atoms with Crippen LogP contribution in [0.2, 0.25) is 10.0 Å². The van der Waals surface area contributed by atoms with Gasteiger partial charge in [-0.3, -0.25) is 4.79 Å². The molecular formula is C15H13Cl2FN2O. The van der Waals surface area contributed by atoms with Crippen LogP contribution in [-0.2, 0) is 4.79 Å². The lowest BCUT2D eigenvalue weighted by molar-refractivity contribution is -0.116. The molecule has 110 valence electrons. The predicted molar refractivity (Wildman–Crippen MR) is 84.6 cm³/mol. The molecule has 0 aromatic heterocycles. The van der Waals surface area contributed by atoms with Gasteiger partial charge in [-0.2, -0.15) is 0 Å². The monoisotopic (exact) mass is 326 g/mol. The van der Waals surface area contributed by atoms with Gasteiger partial charge in [0.05, 0.1) is 15.7 Å². The number of carbonyl (C=O) groups excluding carboxylic acids is 1. The molecule has 1 unspecified atom stereocenters. The Labute approximate surface area is 132 Å². The first-order chi connectivity index (χ1) is 9.97. The van der Waals surface area contributed by atoms with Gasteiger partial charge in [0.15, 0.2) is 0 Å². The van der Waals surface area contributed by atoms with Crippen LogP contribution in [0.5, 0.6) is 0 Å². The number of nitrogens with one attached hydrogen (secondary N) is 2. The van der Waals surface area contributed by atoms with Crippen LogP contribution in [0, 0.1) is 5.82 Å². The van der Waals surface area contributed by atoms with Crippen LogP contribution in [0.4, 0.5) is 15.8 Å². The summed E-state index contributed by atoms with van der Waals surface area (Å²) in [5, 5.41) is 5.88. The molecule has 6 heteroatoms. The third-order valence-corrected chi connectivity index (χ3v) is 3.40. The Bertz CT molecular complexity index is 626. The fourth-order valence-electron chi connectivity index (χ4n) is 1.73. The third kappa shape index (κ3) is 4.09. The van der Waals surface area contributed by atoms with E-state index in [1.54, 1.807) is 19.1 Å². The molecule has 3 nitrogen and oxygen atoms in total. The first kappa shape index (κ1) is 15.6. The molecule has 1 amide bonds. The number of anilines is 2. The van der Waals surface area contributed by atoms with E-state index in [0.717, 1.165) is 12.1 Å². The maximum atomic E-state index is 13.1. The van der Waals surface area contributed by atoms with Gasteiger partial charge >= 0.3 is 0 Å². The highest BCUT2D eigenvalue weighted by molar-refractivity contribution is 6.39. The normalized spacial score (nSPS) is 11.8. The van der Waals surface area contributed by atoms with E-state index in [4.69, 9.17) is 23.2 Å². The summed E-state index contributed by atoms with van der Waals surface area (Å²) < 4.78 is 13.1. The average Bonchev–Trinajstić information content (AvgIpc) is 2.43. The van der Waals surface area contributed by atoms with Gasteiger partial charge in [0.1, 0.15) is 11.9 Å². The van der Waals surface area contributed by atoms with Gasteiger partial charge in [0.2, 0.25) is 5.91 Å². The van der Waals surface area contributed by atoms with Crippen LogP contribution in [0.3, 0.4) is 0 Å². The van der Waals surface area contributed by atoms with Crippen molar-refractivity contribution in [2.75, 3.05) is 10.6 Å². The molecule has 0 radical (unpaired) electrons. The van der Waals surface area contributed by atoms with Crippen molar-refractivity contribution in [2.24, 2.45) is 0 Å². The highest BCUT2D eigenvalue weighted by Gasteiger charge is 2.16. The molecule has 0 heterocycles. The molecule has 0 saturated heterocycles. The van der Waals surface area contributed by atoms with Crippen molar-refractivity contribution in [1.82, 2.24) is 0 Å². The summed E-state index contributed by atoms with van der Waals surface area (Å²) in [6.45, 7) is 1.66. The van der Waals surface area contributed by atoms with Crippen molar-refractivity contribution >= 4 is 40.5 Å². The molecule has 21 heavy (non-hydrogen) atoms. The van der Waals surface area contributed by atoms with Gasteiger partial charge in [0.25, 0.3) is 0 Å². The largest absolute Gasteiger partial charge is 0.371 e. The molecule has 2 aromatic rings. The van der Waals surface area contributed by atoms with Gasteiger partial charge < -0.3 is 10.6 Å². The second-order valence-electron chi connectivity index (χ2n) is 4.47. The fraction of sp³-hybridized carbons (Fsp3) is 0.133. The summed E-state index contributed by atoms with van der Waals surface area (Å²) in [5.41, 5.74) is 1.02. The van der Waals surface area contributed by atoms with Crippen LogP contribution in [0.25, 0.3) is 0 Å². The van der Waals surface area contributed by atoms with Gasteiger partial charge in [-0.25, -0.2) is 4.39 Å². The molecule has 0 aliphatic heterocycles. The lowest BCUT2D eigenvalue weighted by atomic mass is 10.2. The zero-order chi connectivity index (χ0) is 15.4. The summed E-state index contributed by atoms with van der Waals surface area (Å²) in [6, 6.07) is 10.7. The lowest BCUT2D eigenvalue weighted by Crippen LogP contribution is -2.32. The Morgan fingerprint density at radius 3 is 2.29 bits per heavy atom. The van der Waals surface area contributed by atoms with Crippen molar-refractivity contribution in [1.29, 1.82) is 0 Å². The first-order valence-corrected chi connectivity index (χ1v) is 7.00. The second-order valence-corrected chi connectivity index (χ2v) is 5.28. The van der Waals surface area contributed by atoms with Gasteiger partial charge in [-0.05, 0) is 31.2 Å².